The number of para-hydroxylation sites is 2. The number of fused-ring (bicyclic) bond motifs is 6. The van der Waals surface area contributed by atoms with E-state index in [1.54, 1.807) is 24.3 Å². The van der Waals surface area contributed by atoms with Gasteiger partial charge in [-0.1, -0.05) is 176 Å². The van der Waals surface area contributed by atoms with Gasteiger partial charge in [0.2, 0.25) is 0 Å². The van der Waals surface area contributed by atoms with Crippen LogP contribution in [0.25, 0.3) is 98.8 Å². The largest absolute Gasteiger partial charge is 0.455 e. The average molecular weight is 636 g/mol. The third-order valence-corrected chi connectivity index (χ3v) is 9.19. The lowest BCUT2D eigenvalue weighted by molar-refractivity contribution is 0.671. The Morgan fingerprint density at radius 2 is 0.837 bits per heavy atom. The molecule has 0 aliphatic carbocycles. The first-order valence-corrected chi connectivity index (χ1v) is 15.8. The molecule has 0 unspecified atom stereocenters. The van der Waals surface area contributed by atoms with Gasteiger partial charge in [0.25, 0.3) is 0 Å². The Hall–Kier alpha value is -6.44. The summed E-state index contributed by atoms with van der Waals surface area (Å²) in [5.74, 6) is 0. The van der Waals surface area contributed by atoms with Crippen molar-refractivity contribution in [2.45, 2.75) is 0 Å². The van der Waals surface area contributed by atoms with Crippen LogP contribution in [0.15, 0.2) is 186 Å². The van der Waals surface area contributed by atoms with Gasteiger partial charge in [-0.15, -0.1) is 0 Å². The highest BCUT2D eigenvalue weighted by atomic mass is 16.3. The lowest BCUT2D eigenvalue weighted by Crippen LogP contribution is -1.90. The zero-order valence-corrected chi connectivity index (χ0v) is 25.7. The summed E-state index contributed by atoms with van der Waals surface area (Å²) >= 11 is 0. The molecule has 0 saturated heterocycles. The van der Waals surface area contributed by atoms with Crippen LogP contribution in [-0.2, 0) is 0 Å². The van der Waals surface area contributed by atoms with Crippen molar-refractivity contribution in [3.63, 3.8) is 0 Å². The van der Waals surface area contributed by atoms with E-state index in [9.17, 15) is 5.48 Å². The first-order chi connectivity index (χ1) is 29.7. The Balaban J connectivity index is 1.24. The Kier molecular flexibility index (Phi) is 3.99. The third kappa shape index (κ3) is 4.40. The van der Waals surface area contributed by atoms with Crippen molar-refractivity contribution in [1.29, 1.82) is 0 Å². The van der Waals surface area contributed by atoms with Gasteiger partial charge >= 0.3 is 0 Å². The third-order valence-electron chi connectivity index (χ3n) is 9.19. The van der Waals surface area contributed by atoms with E-state index in [1.807, 2.05) is 48.5 Å². The Morgan fingerprint density at radius 3 is 1.45 bits per heavy atom. The van der Waals surface area contributed by atoms with Crippen LogP contribution < -0.4 is 0 Å². The maximum atomic E-state index is 9.24. The van der Waals surface area contributed by atoms with Gasteiger partial charge in [0.1, 0.15) is 11.2 Å². The zero-order valence-electron chi connectivity index (χ0n) is 38.7. The van der Waals surface area contributed by atoms with Crippen molar-refractivity contribution in [3.05, 3.63) is 182 Å². The van der Waals surface area contributed by atoms with Crippen molar-refractivity contribution in [3.8, 4) is 44.5 Å². The van der Waals surface area contributed by atoms with E-state index in [0.717, 1.165) is 49.4 Å². The molecular formula is C48H30O. The summed E-state index contributed by atoms with van der Waals surface area (Å²) < 4.78 is 121. The molecule has 0 N–H and O–H groups in total. The second-order valence-corrected chi connectivity index (χ2v) is 11.9. The van der Waals surface area contributed by atoms with Crippen molar-refractivity contribution in [2.24, 2.45) is 0 Å². The van der Waals surface area contributed by atoms with E-state index in [2.05, 4.69) is 30.3 Å². The van der Waals surface area contributed by atoms with Crippen LogP contribution in [0.2, 0.25) is 0 Å². The highest BCUT2D eigenvalue weighted by Crippen LogP contribution is 2.45. The number of hydrogen-bond acceptors (Lipinski definition) is 1. The van der Waals surface area contributed by atoms with Crippen molar-refractivity contribution >= 4 is 54.3 Å². The normalized spacial score (nSPS) is 15.4. The molecule has 49 heavy (non-hydrogen) atoms. The van der Waals surface area contributed by atoms with Crippen molar-refractivity contribution in [2.75, 3.05) is 0 Å². The van der Waals surface area contributed by atoms with E-state index in [0.29, 0.717) is 11.1 Å². The summed E-state index contributed by atoms with van der Waals surface area (Å²) in [5, 5.41) is 3.30. The molecule has 0 saturated carbocycles. The van der Waals surface area contributed by atoms with Gasteiger partial charge in [-0.25, -0.2) is 0 Å². The van der Waals surface area contributed by atoms with E-state index < -0.39 is 84.1 Å². The minimum absolute atomic E-state index is 0.0682. The molecule has 1 nitrogen and oxygen atoms in total. The first-order valence-electron chi connectivity index (χ1n) is 22.3. The minimum atomic E-state index is -0.715. The van der Waals surface area contributed by atoms with Crippen LogP contribution in [0, 0.1) is 0 Å². The zero-order chi connectivity index (χ0) is 43.6. The second-order valence-electron chi connectivity index (χ2n) is 11.9. The SMILES string of the molecule is [2H]c1c([2H])c([2H])c(-c2c3c([2H])c([2H])c([2H])c([2H])c3c(-c3ccc(-c4cccc5c4oc4c(-c6ccc7ccccc7c6)cccc45)cc3)c3c([2H])c([2H])c([2H])c([2H])c23)c([2H])c1[2H]. The van der Waals surface area contributed by atoms with Crippen LogP contribution in [0.5, 0.6) is 0 Å². The van der Waals surface area contributed by atoms with Gasteiger partial charge in [-0.05, 0) is 71.8 Å². The molecule has 0 aliphatic rings. The predicted octanol–water partition coefficient (Wildman–Crippen LogP) is 13.7. The van der Waals surface area contributed by atoms with Gasteiger partial charge in [-0.2, -0.15) is 0 Å². The molecule has 0 amide bonds. The highest BCUT2D eigenvalue weighted by Gasteiger charge is 2.18. The van der Waals surface area contributed by atoms with Gasteiger partial charge in [-0.3, -0.25) is 0 Å². The molecule has 0 atom stereocenters. The molecular weight excluding hydrogens is 593 g/mol. The standard InChI is InChI=1S/C48H30O/c1-2-13-33(14-3-1)45-39-16-6-8-18-41(39)46(42-19-9-7-17-40(42)45)34-27-25-32(26-28-34)37-20-10-22-43-44-23-11-21-38(48(44)49-47(37)43)36-29-24-31-12-4-5-15-35(31)30-36/h1-30H/i1D,2D,3D,6D,7D,8D,9D,13D,14D,16D,17D,18D,19D. The molecule has 0 bridgehead atoms. The van der Waals surface area contributed by atoms with Gasteiger partial charge < -0.3 is 4.42 Å². The number of hydrogen-bond donors (Lipinski definition) is 0. The molecule has 1 heteroatoms. The summed E-state index contributed by atoms with van der Waals surface area (Å²) in [7, 11) is 0. The Morgan fingerprint density at radius 1 is 0.347 bits per heavy atom. The molecule has 1 heterocycles. The van der Waals surface area contributed by atoms with E-state index in [-0.39, 0.29) is 32.7 Å². The Bertz CT molecular complexity index is 3500. The molecule has 0 aliphatic heterocycles. The van der Waals surface area contributed by atoms with E-state index in [4.69, 9.17) is 16.8 Å². The fourth-order valence-electron chi connectivity index (χ4n) is 6.99. The molecule has 0 fully saturated rings. The molecule has 10 rings (SSSR count). The Labute approximate surface area is 302 Å². The lowest BCUT2D eigenvalue weighted by Gasteiger charge is -2.18. The summed E-state index contributed by atoms with van der Waals surface area (Å²) in [6.07, 6.45) is 0. The maximum Gasteiger partial charge on any atom is 0.143 e. The van der Waals surface area contributed by atoms with Crippen molar-refractivity contribution in [1.82, 2.24) is 0 Å². The van der Waals surface area contributed by atoms with Crippen LogP contribution in [0.1, 0.15) is 17.8 Å². The van der Waals surface area contributed by atoms with Crippen LogP contribution in [-0.4, -0.2) is 0 Å². The summed E-state index contributed by atoms with van der Waals surface area (Å²) in [5.41, 5.74) is 4.46. The number of furan rings is 1. The molecule has 0 spiro atoms. The monoisotopic (exact) mass is 635 g/mol. The van der Waals surface area contributed by atoms with E-state index in [1.165, 1.54) is 0 Å². The lowest BCUT2D eigenvalue weighted by atomic mass is 9.85. The fourth-order valence-corrected chi connectivity index (χ4v) is 6.99. The van der Waals surface area contributed by atoms with Gasteiger partial charge in [0, 0.05) is 21.9 Å². The van der Waals surface area contributed by atoms with Crippen LogP contribution in [0.4, 0.5) is 0 Å². The first kappa shape index (κ1) is 17.6. The average Bonchev–Trinajstić information content (AvgIpc) is 3.68. The van der Waals surface area contributed by atoms with Gasteiger partial charge in [0.05, 0.1) is 17.8 Å². The van der Waals surface area contributed by atoms with Crippen molar-refractivity contribution < 1.29 is 22.2 Å². The number of rotatable bonds is 4. The molecule has 9 aromatic carbocycles. The summed E-state index contributed by atoms with van der Waals surface area (Å²) in [6.45, 7) is 0. The number of benzene rings is 9. The van der Waals surface area contributed by atoms with Crippen LogP contribution in [0.3, 0.4) is 0 Å². The maximum absolute atomic E-state index is 9.24. The summed E-state index contributed by atoms with van der Waals surface area (Å²) in [4.78, 5) is 0. The predicted molar refractivity (Wildman–Crippen MR) is 208 cm³/mol. The topological polar surface area (TPSA) is 13.1 Å². The quantitative estimate of drug-likeness (QED) is 0.175. The minimum Gasteiger partial charge on any atom is -0.455 e. The second kappa shape index (κ2) is 11.1. The molecule has 228 valence electrons. The molecule has 10 aromatic rings. The molecule has 1 aromatic heterocycles. The molecule has 0 radical (unpaired) electrons. The smallest absolute Gasteiger partial charge is 0.143 e. The van der Waals surface area contributed by atoms with E-state index >= 15 is 0 Å². The van der Waals surface area contributed by atoms with Crippen LogP contribution >= 0.6 is 0 Å². The highest BCUT2D eigenvalue weighted by molar-refractivity contribution is 6.21. The summed E-state index contributed by atoms with van der Waals surface area (Å²) in [6, 6.07) is 25.1. The fraction of sp³-hybridized carbons (Fsp3) is 0. The van der Waals surface area contributed by atoms with Gasteiger partial charge in [0.15, 0.2) is 0 Å².